The minimum absolute atomic E-state index is 0.209. The van der Waals surface area contributed by atoms with Gasteiger partial charge in [0.2, 0.25) is 0 Å². The van der Waals surface area contributed by atoms with E-state index in [1.807, 2.05) is 6.07 Å². The van der Waals surface area contributed by atoms with Gasteiger partial charge in [-0.1, -0.05) is 33.6 Å². The lowest BCUT2D eigenvalue weighted by molar-refractivity contribution is -0.117. The standard InChI is InChI=1S/C15H27N3O/c1-4-7-9-17-15(19)14(12-16)13-18(10-6-3)11-8-5-2/h13H,4-11H2,1-3H3,(H,17,19)/b14-13-. The van der Waals surface area contributed by atoms with Gasteiger partial charge in [-0.05, 0) is 19.3 Å². The second-order valence-electron chi connectivity index (χ2n) is 4.65. The Bertz CT molecular complexity index is 318. The second kappa shape index (κ2) is 11.6. The van der Waals surface area contributed by atoms with Gasteiger partial charge in [0.25, 0.3) is 5.91 Å². The van der Waals surface area contributed by atoms with Crippen LogP contribution >= 0.6 is 0 Å². The lowest BCUT2D eigenvalue weighted by atomic mass is 10.2. The first-order valence-corrected chi connectivity index (χ1v) is 7.33. The molecule has 0 heterocycles. The molecular weight excluding hydrogens is 238 g/mol. The smallest absolute Gasteiger partial charge is 0.263 e. The molecule has 4 nitrogen and oxygen atoms in total. The molecule has 0 aliphatic heterocycles. The molecule has 19 heavy (non-hydrogen) atoms. The van der Waals surface area contributed by atoms with E-state index in [-0.39, 0.29) is 11.5 Å². The summed E-state index contributed by atoms with van der Waals surface area (Å²) >= 11 is 0. The van der Waals surface area contributed by atoms with E-state index in [1.165, 1.54) is 0 Å². The second-order valence-corrected chi connectivity index (χ2v) is 4.65. The molecule has 0 bridgehead atoms. The molecule has 0 aromatic carbocycles. The number of unbranched alkanes of at least 4 members (excludes halogenated alkanes) is 2. The summed E-state index contributed by atoms with van der Waals surface area (Å²) in [4.78, 5) is 13.9. The van der Waals surface area contributed by atoms with Gasteiger partial charge in [0.05, 0.1) is 0 Å². The van der Waals surface area contributed by atoms with E-state index < -0.39 is 0 Å². The van der Waals surface area contributed by atoms with Crippen molar-refractivity contribution in [3.63, 3.8) is 0 Å². The summed E-state index contributed by atoms with van der Waals surface area (Å²) in [7, 11) is 0. The minimum atomic E-state index is -0.256. The SMILES string of the molecule is CCCCNC(=O)/C(C#N)=C\N(CCC)CCCC. The highest BCUT2D eigenvalue weighted by atomic mass is 16.1. The number of carbonyl (C=O) groups is 1. The fraction of sp³-hybridized carbons (Fsp3) is 0.733. The van der Waals surface area contributed by atoms with Crippen LogP contribution in [0.15, 0.2) is 11.8 Å². The Morgan fingerprint density at radius 3 is 2.37 bits per heavy atom. The first-order chi connectivity index (χ1) is 9.19. The molecule has 0 radical (unpaired) electrons. The third-order valence-corrected chi connectivity index (χ3v) is 2.80. The third kappa shape index (κ3) is 8.25. The summed E-state index contributed by atoms with van der Waals surface area (Å²) in [6.45, 7) is 8.72. The van der Waals surface area contributed by atoms with E-state index in [4.69, 9.17) is 5.26 Å². The Hall–Kier alpha value is -1.50. The summed E-state index contributed by atoms with van der Waals surface area (Å²) in [6, 6.07) is 2.00. The van der Waals surface area contributed by atoms with Crippen LogP contribution in [0.1, 0.15) is 52.9 Å². The highest BCUT2D eigenvalue weighted by Gasteiger charge is 2.10. The Kier molecular flexibility index (Phi) is 10.7. The first kappa shape index (κ1) is 17.5. The van der Waals surface area contributed by atoms with Crippen LogP contribution in [-0.4, -0.2) is 30.4 Å². The summed E-state index contributed by atoms with van der Waals surface area (Å²) < 4.78 is 0. The number of nitrogens with one attached hydrogen (secondary N) is 1. The van der Waals surface area contributed by atoms with Gasteiger partial charge in [-0.3, -0.25) is 4.79 Å². The van der Waals surface area contributed by atoms with E-state index >= 15 is 0 Å². The molecule has 0 aromatic heterocycles. The highest BCUT2D eigenvalue weighted by Crippen LogP contribution is 2.02. The molecule has 0 spiro atoms. The molecule has 1 amide bonds. The molecule has 0 aromatic rings. The molecule has 0 fully saturated rings. The van der Waals surface area contributed by atoms with Crippen molar-refractivity contribution in [1.29, 1.82) is 5.26 Å². The summed E-state index contributed by atoms with van der Waals surface area (Å²) in [6.07, 6.45) is 6.88. The van der Waals surface area contributed by atoms with Crippen molar-refractivity contribution in [2.24, 2.45) is 0 Å². The molecule has 0 aliphatic carbocycles. The zero-order chi connectivity index (χ0) is 14.5. The largest absolute Gasteiger partial charge is 0.376 e. The van der Waals surface area contributed by atoms with Crippen LogP contribution in [0.25, 0.3) is 0 Å². The lowest BCUT2D eigenvalue weighted by Crippen LogP contribution is -2.28. The highest BCUT2D eigenvalue weighted by molar-refractivity contribution is 5.97. The average molecular weight is 265 g/mol. The number of carbonyl (C=O) groups excluding carboxylic acids is 1. The quantitative estimate of drug-likeness (QED) is 0.375. The zero-order valence-electron chi connectivity index (χ0n) is 12.5. The fourth-order valence-corrected chi connectivity index (χ4v) is 1.68. The summed E-state index contributed by atoms with van der Waals surface area (Å²) in [5.41, 5.74) is 0.209. The average Bonchev–Trinajstić information content (AvgIpc) is 2.41. The molecular formula is C15H27N3O. The predicted molar refractivity (Wildman–Crippen MR) is 78.4 cm³/mol. The van der Waals surface area contributed by atoms with Crippen LogP contribution in [0, 0.1) is 11.3 Å². The lowest BCUT2D eigenvalue weighted by Gasteiger charge is -2.19. The molecule has 0 rings (SSSR count). The molecule has 108 valence electrons. The maximum absolute atomic E-state index is 11.8. The first-order valence-electron chi connectivity index (χ1n) is 7.33. The number of nitriles is 1. The van der Waals surface area contributed by atoms with Crippen molar-refractivity contribution in [1.82, 2.24) is 10.2 Å². The van der Waals surface area contributed by atoms with Gasteiger partial charge < -0.3 is 10.2 Å². The van der Waals surface area contributed by atoms with Crippen molar-refractivity contribution in [3.05, 3.63) is 11.8 Å². The molecule has 0 aliphatic rings. The van der Waals surface area contributed by atoms with E-state index in [1.54, 1.807) is 6.20 Å². The van der Waals surface area contributed by atoms with E-state index in [0.29, 0.717) is 6.54 Å². The Morgan fingerprint density at radius 2 is 1.84 bits per heavy atom. The van der Waals surface area contributed by atoms with Crippen LogP contribution in [-0.2, 0) is 4.79 Å². The Balaban J connectivity index is 4.54. The van der Waals surface area contributed by atoms with Gasteiger partial charge in [0.15, 0.2) is 0 Å². The number of amides is 1. The maximum atomic E-state index is 11.8. The van der Waals surface area contributed by atoms with Crippen molar-refractivity contribution >= 4 is 5.91 Å². The topological polar surface area (TPSA) is 56.1 Å². The van der Waals surface area contributed by atoms with Crippen LogP contribution in [0.2, 0.25) is 0 Å². The van der Waals surface area contributed by atoms with E-state index in [0.717, 1.165) is 45.2 Å². The fourth-order valence-electron chi connectivity index (χ4n) is 1.68. The zero-order valence-corrected chi connectivity index (χ0v) is 12.5. The van der Waals surface area contributed by atoms with Gasteiger partial charge >= 0.3 is 0 Å². The minimum Gasteiger partial charge on any atom is -0.376 e. The van der Waals surface area contributed by atoms with Crippen LogP contribution < -0.4 is 5.32 Å². The molecule has 0 saturated carbocycles. The summed E-state index contributed by atoms with van der Waals surface area (Å²) in [5, 5.41) is 11.9. The van der Waals surface area contributed by atoms with Crippen molar-refractivity contribution in [2.45, 2.75) is 52.9 Å². The Morgan fingerprint density at radius 1 is 1.16 bits per heavy atom. The number of hydrogen-bond acceptors (Lipinski definition) is 3. The van der Waals surface area contributed by atoms with Crippen molar-refractivity contribution in [3.8, 4) is 6.07 Å². The number of hydrogen-bond donors (Lipinski definition) is 1. The van der Waals surface area contributed by atoms with Gasteiger partial charge in [0, 0.05) is 25.8 Å². The van der Waals surface area contributed by atoms with Crippen LogP contribution in [0.5, 0.6) is 0 Å². The maximum Gasteiger partial charge on any atom is 0.263 e. The monoisotopic (exact) mass is 265 g/mol. The van der Waals surface area contributed by atoms with Gasteiger partial charge in [-0.2, -0.15) is 5.26 Å². The van der Waals surface area contributed by atoms with Crippen molar-refractivity contribution < 1.29 is 4.79 Å². The molecule has 0 unspecified atom stereocenters. The van der Waals surface area contributed by atoms with E-state index in [2.05, 4.69) is 31.0 Å². The molecule has 1 N–H and O–H groups in total. The number of nitrogens with zero attached hydrogens (tertiary/aromatic N) is 2. The van der Waals surface area contributed by atoms with Gasteiger partial charge in [0.1, 0.15) is 11.6 Å². The van der Waals surface area contributed by atoms with E-state index in [9.17, 15) is 4.79 Å². The number of rotatable bonds is 10. The van der Waals surface area contributed by atoms with Gasteiger partial charge in [-0.15, -0.1) is 0 Å². The van der Waals surface area contributed by atoms with Crippen LogP contribution in [0.4, 0.5) is 0 Å². The van der Waals surface area contributed by atoms with Crippen LogP contribution in [0.3, 0.4) is 0 Å². The molecule has 0 atom stereocenters. The molecule has 0 saturated heterocycles. The van der Waals surface area contributed by atoms with Gasteiger partial charge in [-0.25, -0.2) is 0 Å². The Labute approximate surface area is 117 Å². The normalized spacial score (nSPS) is 10.9. The third-order valence-electron chi connectivity index (χ3n) is 2.80. The molecule has 4 heteroatoms. The summed E-state index contributed by atoms with van der Waals surface area (Å²) in [5.74, 6) is -0.256. The predicted octanol–water partition coefficient (Wildman–Crippen LogP) is 2.82. The van der Waals surface area contributed by atoms with Crippen molar-refractivity contribution in [2.75, 3.05) is 19.6 Å².